The van der Waals surface area contributed by atoms with Gasteiger partial charge in [-0.1, -0.05) is 29.3 Å². The van der Waals surface area contributed by atoms with Crippen LogP contribution in [0.15, 0.2) is 29.3 Å². The molecule has 2 unspecified atom stereocenters. The summed E-state index contributed by atoms with van der Waals surface area (Å²) in [5.74, 6) is -1.27. The first-order valence-corrected chi connectivity index (χ1v) is 10.8. The van der Waals surface area contributed by atoms with Gasteiger partial charge in [0.2, 0.25) is 5.82 Å². The highest BCUT2D eigenvalue weighted by Gasteiger charge is 2.33. The number of carbonyl (C=O) groups excluding carboxylic acids is 1. The zero-order valence-corrected chi connectivity index (χ0v) is 17.9. The molecule has 0 saturated carbocycles. The molecule has 13 heteroatoms. The SMILES string of the molecule is N#Cc1ncc(C(=O)NCC(F)(F)F)c(N2CCC(S(=O)c3cccc(Cl)c3Cl)C2)n1. The average Bonchev–Trinajstić information content (AvgIpc) is 3.22. The fourth-order valence-corrected chi connectivity index (χ4v) is 5.10. The van der Waals surface area contributed by atoms with E-state index in [1.54, 1.807) is 34.5 Å². The number of nitrogens with zero attached hydrogens (tertiary/aromatic N) is 4. The van der Waals surface area contributed by atoms with Gasteiger partial charge in [-0.05, 0) is 18.6 Å². The van der Waals surface area contributed by atoms with Crippen molar-refractivity contribution in [3.05, 3.63) is 45.8 Å². The van der Waals surface area contributed by atoms with Crippen LogP contribution in [0, 0.1) is 11.3 Å². The number of nitriles is 1. The predicted molar refractivity (Wildman–Crippen MR) is 109 cm³/mol. The molecule has 7 nitrogen and oxygen atoms in total. The molecule has 0 aliphatic carbocycles. The van der Waals surface area contributed by atoms with E-state index in [0.717, 1.165) is 6.20 Å². The third kappa shape index (κ3) is 5.44. The minimum Gasteiger partial charge on any atom is -0.355 e. The Morgan fingerprint density at radius 3 is 2.81 bits per heavy atom. The zero-order valence-electron chi connectivity index (χ0n) is 15.6. The van der Waals surface area contributed by atoms with Crippen molar-refractivity contribution in [1.82, 2.24) is 15.3 Å². The van der Waals surface area contributed by atoms with Crippen LogP contribution in [0.2, 0.25) is 10.0 Å². The van der Waals surface area contributed by atoms with E-state index in [1.165, 1.54) is 0 Å². The summed E-state index contributed by atoms with van der Waals surface area (Å²) in [5, 5.41) is 10.9. The minimum atomic E-state index is -4.59. The molecule has 2 atom stereocenters. The van der Waals surface area contributed by atoms with Crippen LogP contribution in [0.3, 0.4) is 0 Å². The number of rotatable bonds is 5. The lowest BCUT2D eigenvalue weighted by Crippen LogP contribution is -2.35. The summed E-state index contributed by atoms with van der Waals surface area (Å²) in [6.07, 6.45) is -3.15. The van der Waals surface area contributed by atoms with Gasteiger partial charge in [-0.3, -0.25) is 9.00 Å². The Balaban J connectivity index is 1.84. The molecule has 0 radical (unpaired) electrons. The first-order chi connectivity index (χ1) is 14.6. The quantitative estimate of drug-likeness (QED) is 0.688. The first-order valence-electron chi connectivity index (χ1n) is 8.82. The minimum absolute atomic E-state index is 0.00270. The second kappa shape index (κ2) is 9.38. The summed E-state index contributed by atoms with van der Waals surface area (Å²) in [4.78, 5) is 21.9. The normalized spacial score (nSPS) is 17.3. The van der Waals surface area contributed by atoms with Crippen LogP contribution in [0.1, 0.15) is 22.6 Å². The lowest BCUT2D eigenvalue weighted by atomic mass is 10.2. The van der Waals surface area contributed by atoms with Gasteiger partial charge in [0, 0.05) is 19.3 Å². The van der Waals surface area contributed by atoms with E-state index in [9.17, 15) is 22.2 Å². The van der Waals surface area contributed by atoms with Crippen LogP contribution in [0.5, 0.6) is 0 Å². The van der Waals surface area contributed by atoms with E-state index in [4.69, 9.17) is 28.5 Å². The van der Waals surface area contributed by atoms with Crippen molar-refractivity contribution in [2.24, 2.45) is 0 Å². The van der Waals surface area contributed by atoms with Gasteiger partial charge in [0.15, 0.2) is 0 Å². The van der Waals surface area contributed by atoms with E-state index in [2.05, 4.69) is 9.97 Å². The van der Waals surface area contributed by atoms with Gasteiger partial charge in [-0.15, -0.1) is 0 Å². The maximum atomic E-state index is 13.0. The molecule has 1 aliphatic heterocycles. The Labute approximate surface area is 187 Å². The van der Waals surface area contributed by atoms with Gasteiger partial charge in [0.1, 0.15) is 24.0 Å². The van der Waals surface area contributed by atoms with Crippen molar-refractivity contribution >= 4 is 45.7 Å². The second-order valence-corrected chi connectivity index (χ2v) is 9.03. The van der Waals surface area contributed by atoms with E-state index in [-0.39, 0.29) is 33.8 Å². The van der Waals surface area contributed by atoms with Crippen molar-refractivity contribution in [1.29, 1.82) is 5.26 Å². The smallest absolute Gasteiger partial charge is 0.355 e. The Morgan fingerprint density at radius 2 is 2.13 bits per heavy atom. The Hall–Kier alpha value is -2.42. The molecule has 1 N–H and O–H groups in total. The number of alkyl halides is 3. The average molecular weight is 492 g/mol. The van der Waals surface area contributed by atoms with Gasteiger partial charge in [-0.25, -0.2) is 9.97 Å². The van der Waals surface area contributed by atoms with Crippen molar-refractivity contribution in [2.75, 3.05) is 24.5 Å². The molecule has 2 heterocycles. The Bertz CT molecular complexity index is 1080. The fraction of sp³-hybridized carbons (Fsp3) is 0.333. The number of aromatic nitrogens is 2. The van der Waals surface area contributed by atoms with Crippen LogP contribution < -0.4 is 10.2 Å². The highest BCUT2D eigenvalue weighted by Crippen LogP contribution is 2.32. The number of nitrogens with one attached hydrogen (secondary N) is 1. The van der Waals surface area contributed by atoms with Gasteiger partial charge in [-0.2, -0.15) is 18.4 Å². The molecule has 2 aromatic rings. The maximum absolute atomic E-state index is 13.0. The summed E-state index contributed by atoms with van der Waals surface area (Å²) in [6, 6.07) is 6.53. The van der Waals surface area contributed by atoms with Crippen molar-refractivity contribution in [2.45, 2.75) is 22.7 Å². The number of hydrogen-bond donors (Lipinski definition) is 1. The second-order valence-electron chi connectivity index (χ2n) is 6.55. The Kier molecular flexibility index (Phi) is 7.03. The number of carbonyl (C=O) groups is 1. The van der Waals surface area contributed by atoms with Crippen LogP contribution in [0.4, 0.5) is 19.0 Å². The topological polar surface area (TPSA) is 99.0 Å². The highest BCUT2D eigenvalue weighted by atomic mass is 35.5. The molecule has 1 saturated heterocycles. The van der Waals surface area contributed by atoms with Crippen molar-refractivity contribution in [3.63, 3.8) is 0 Å². The molecule has 1 aromatic carbocycles. The molecule has 164 valence electrons. The highest BCUT2D eigenvalue weighted by molar-refractivity contribution is 7.85. The van der Waals surface area contributed by atoms with Gasteiger partial charge < -0.3 is 10.2 Å². The molecule has 3 rings (SSSR count). The molecule has 0 bridgehead atoms. The summed E-state index contributed by atoms with van der Waals surface area (Å²) >= 11 is 12.1. The third-order valence-electron chi connectivity index (χ3n) is 4.44. The molecule has 31 heavy (non-hydrogen) atoms. The predicted octanol–water partition coefficient (Wildman–Crippen LogP) is 3.33. The van der Waals surface area contributed by atoms with Crippen LogP contribution in [-0.4, -0.2) is 51.1 Å². The monoisotopic (exact) mass is 491 g/mol. The molecule has 0 spiro atoms. The largest absolute Gasteiger partial charge is 0.405 e. The molecule has 1 amide bonds. The standard InChI is InChI=1S/C18H14Cl2F3N5O2S/c19-12-2-1-3-13(15(12)20)31(30)10-4-5-28(8-10)16-11(7-25-14(6-24)27-16)17(29)26-9-18(21,22)23/h1-3,7,10H,4-5,8-9H2,(H,26,29). The van der Waals surface area contributed by atoms with Crippen LogP contribution in [0.25, 0.3) is 0 Å². The number of hydrogen-bond acceptors (Lipinski definition) is 6. The van der Waals surface area contributed by atoms with Gasteiger partial charge >= 0.3 is 6.18 Å². The molecule has 1 fully saturated rings. The van der Waals surface area contributed by atoms with Gasteiger partial charge in [0.25, 0.3) is 5.91 Å². The zero-order chi connectivity index (χ0) is 22.8. The molecular formula is C18H14Cl2F3N5O2S. The number of halogens is 5. The summed E-state index contributed by atoms with van der Waals surface area (Å²) < 4.78 is 50.4. The maximum Gasteiger partial charge on any atom is 0.405 e. The van der Waals surface area contributed by atoms with E-state index in [0.29, 0.717) is 17.9 Å². The molecule has 1 aromatic heterocycles. The van der Waals surface area contributed by atoms with Crippen LogP contribution >= 0.6 is 23.2 Å². The van der Waals surface area contributed by atoms with Gasteiger partial charge in [0.05, 0.1) is 31.0 Å². The Morgan fingerprint density at radius 1 is 1.39 bits per heavy atom. The molecule has 1 aliphatic rings. The lowest BCUT2D eigenvalue weighted by molar-refractivity contribution is -0.123. The van der Waals surface area contributed by atoms with Crippen LogP contribution in [-0.2, 0) is 10.8 Å². The van der Waals surface area contributed by atoms with E-state index < -0.39 is 34.7 Å². The van der Waals surface area contributed by atoms with Crippen molar-refractivity contribution in [3.8, 4) is 6.07 Å². The fourth-order valence-electron chi connectivity index (χ4n) is 3.02. The lowest BCUT2D eigenvalue weighted by Gasteiger charge is -2.20. The number of anilines is 1. The summed E-state index contributed by atoms with van der Waals surface area (Å²) in [5.41, 5.74) is -0.213. The van der Waals surface area contributed by atoms with E-state index >= 15 is 0 Å². The summed E-state index contributed by atoms with van der Waals surface area (Å²) in [7, 11) is -1.53. The third-order valence-corrected chi connectivity index (χ3v) is 7.14. The molecular weight excluding hydrogens is 478 g/mol. The van der Waals surface area contributed by atoms with Crippen molar-refractivity contribution < 1.29 is 22.2 Å². The number of amides is 1. The van der Waals surface area contributed by atoms with E-state index in [1.807, 2.05) is 0 Å². The number of benzene rings is 1. The first kappa shape index (κ1) is 23.2. The summed E-state index contributed by atoms with van der Waals surface area (Å²) in [6.45, 7) is -1.03.